The summed E-state index contributed by atoms with van der Waals surface area (Å²) in [5.74, 6) is 1.03. The van der Waals surface area contributed by atoms with Gasteiger partial charge < -0.3 is 4.74 Å². The second kappa shape index (κ2) is 5.74. The highest BCUT2D eigenvalue weighted by atomic mass is 16.5. The van der Waals surface area contributed by atoms with Gasteiger partial charge in [0, 0.05) is 23.0 Å². The molecule has 0 aliphatic heterocycles. The fraction of sp³-hybridized carbons (Fsp3) is 0.615. The number of methoxy groups -OCH3 is 1. The molecule has 2 nitrogen and oxygen atoms in total. The molecule has 1 aliphatic carbocycles. The molecule has 0 saturated carbocycles. The van der Waals surface area contributed by atoms with Gasteiger partial charge in [0.25, 0.3) is 0 Å². The Morgan fingerprint density at radius 1 is 1.20 bits per heavy atom. The number of aryl methyl sites for hydroxylation is 2. The van der Waals surface area contributed by atoms with Crippen LogP contribution in [0.1, 0.15) is 43.6 Å². The van der Waals surface area contributed by atoms with Crippen molar-refractivity contribution >= 4 is 0 Å². The van der Waals surface area contributed by atoms with E-state index in [1.807, 2.05) is 26.8 Å². The summed E-state index contributed by atoms with van der Waals surface area (Å²) in [6, 6.07) is 2.03. The van der Waals surface area contributed by atoms with Gasteiger partial charge in [-0.25, -0.2) is 0 Å². The molecule has 0 aromatic carbocycles. The van der Waals surface area contributed by atoms with E-state index in [2.05, 4.69) is 4.98 Å². The van der Waals surface area contributed by atoms with Crippen LogP contribution in [0.2, 0.25) is 0 Å². The van der Waals surface area contributed by atoms with Crippen molar-refractivity contribution in [2.45, 2.75) is 46.5 Å². The number of fused-ring (bicyclic) bond motifs is 1. The molecule has 15 heavy (non-hydrogen) atoms. The van der Waals surface area contributed by atoms with Crippen LogP contribution in [0.5, 0.6) is 5.75 Å². The maximum absolute atomic E-state index is 5.35. The van der Waals surface area contributed by atoms with E-state index in [0.29, 0.717) is 0 Å². The van der Waals surface area contributed by atoms with E-state index in [1.54, 1.807) is 7.11 Å². The summed E-state index contributed by atoms with van der Waals surface area (Å²) in [5, 5.41) is 0. The summed E-state index contributed by atoms with van der Waals surface area (Å²) < 4.78 is 5.35. The van der Waals surface area contributed by atoms with E-state index in [4.69, 9.17) is 4.74 Å². The topological polar surface area (TPSA) is 22.1 Å². The second-order valence-corrected chi connectivity index (χ2v) is 3.60. The zero-order chi connectivity index (χ0) is 11.3. The van der Waals surface area contributed by atoms with Gasteiger partial charge in [0.2, 0.25) is 0 Å². The lowest BCUT2D eigenvalue weighted by molar-refractivity contribution is 0.404. The monoisotopic (exact) mass is 207 g/mol. The fourth-order valence-electron chi connectivity index (χ4n) is 1.98. The summed E-state index contributed by atoms with van der Waals surface area (Å²) in [6.07, 6.45) is 4.79. The number of rotatable bonds is 1. The Hall–Kier alpha value is -1.05. The number of hydrogen-bond acceptors (Lipinski definition) is 2. The fourth-order valence-corrected chi connectivity index (χ4v) is 1.98. The average Bonchev–Trinajstić information content (AvgIpc) is 2.30. The minimum atomic E-state index is 1.03. The van der Waals surface area contributed by atoms with E-state index in [9.17, 15) is 0 Å². The first-order chi connectivity index (χ1) is 7.31. The minimum absolute atomic E-state index is 1.03. The Bertz CT molecular complexity index is 303. The summed E-state index contributed by atoms with van der Waals surface area (Å²) in [6.45, 7) is 6.03. The Balaban J connectivity index is 0.000000531. The lowest BCUT2D eigenvalue weighted by Gasteiger charge is -2.18. The largest absolute Gasteiger partial charge is 0.496 e. The lowest BCUT2D eigenvalue weighted by atomic mass is 9.95. The highest BCUT2D eigenvalue weighted by Gasteiger charge is 2.15. The molecule has 0 unspecified atom stereocenters. The van der Waals surface area contributed by atoms with Crippen LogP contribution in [0.3, 0.4) is 0 Å². The van der Waals surface area contributed by atoms with Crippen LogP contribution in [-0.2, 0) is 12.8 Å². The molecule has 1 aliphatic rings. The molecule has 1 aromatic heterocycles. The van der Waals surface area contributed by atoms with Crippen LogP contribution < -0.4 is 4.74 Å². The quantitative estimate of drug-likeness (QED) is 0.705. The first kappa shape index (κ1) is 12.0. The summed E-state index contributed by atoms with van der Waals surface area (Å²) >= 11 is 0. The smallest absolute Gasteiger partial charge is 0.125 e. The number of aromatic nitrogens is 1. The molecule has 1 heterocycles. The molecule has 0 fully saturated rings. The normalized spacial score (nSPS) is 13.6. The van der Waals surface area contributed by atoms with Crippen LogP contribution in [0.15, 0.2) is 6.07 Å². The zero-order valence-electron chi connectivity index (χ0n) is 10.3. The van der Waals surface area contributed by atoms with Gasteiger partial charge in [0.05, 0.1) is 7.11 Å². The molecule has 2 rings (SSSR count). The number of hydrogen-bond donors (Lipinski definition) is 0. The number of ether oxygens (including phenoxy) is 1. The minimum Gasteiger partial charge on any atom is -0.496 e. The van der Waals surface area contributed by atoms with Gasteiger partial charge in [-0.3, -0.25) is 4.98 Å². The Labute approximate surface area is 92.7 Å². The molecule has 0 amide bonds. The number of nitrogens with zero attached hydrogens (tertiary/aromatic N) is 1. The standard InChI is InChI=1S/C11H15NO.C2H6/c1-8-7-11(13-2)9-5-3-4-6-10(9)12-8;1-2/h7H,3-6H2,1-2H3;1-2H3. The van der Waals surface area contributed by atoms with Crippen LogP contribution in [0.4, 0.5) is 0 Å². The summed E-state index contributed by atoms with van der Waals surface area (Å²) in [4.78, 5) is 4.54. The van der Waals surface area contributed by atoms with Crippen molar-refractivity contribution < 1.29 is 4.74 Å². The van der Waals surface area contributed by atoms with Crippen LogP contribution in [0.25, 0.3) is 0 Å². The SMILES string of the molecule is CC.COc1cc(C)nc2c1CCCC2. The van der Waals surface area contributed by atoms with Gasteiger partial charge in [-0.05, 0) is 32.6 Å². The molecule has 0 spiro atoms. The van der Waals surface area contributed by atoms with Crippen LogP contribution >= 0.6 is 0 Å². The van der Waals surface area contributed by atoms with Crippen molar-refractivity contribution in [3.8, 4) is 5.75 Å². The molecule has 0 bridgehead atoms. The first-order valence-electron chi connectivity index (χ1n) is 5.84. The van der Waals surface area contributed by atoms with Crippen molar-refractivity contribution in [2.24, 2.45) is 0 Å². The maximum Gasteiger partial charge on any atom is 0.125 e. The van der Waals surface area contributed by atoms with Gasteiger partial charge in [-0.1, -0.05) is 13.8 Å². The van der Waals surface area contributed by atoms with E-state index in [0.717, 1.165) is 24.3 Å². The number of pyridine rings is 1. The highest BCUT2D eigenvalue weighted by molar-refractivity contribution is 5.39. The van der Waals surface area contributed by atoms with Crippen LogP contribution in [-0.4, -0.2) is 12.1 Å². The van der Waals surface area contributed by atoms with E-state index in [-0.39, 0.29) is 0 Å². The van der Waals surface area contributed by atoms with Crippen molar-refractivity contribution in [1.82, 2.24) is 4.98 Å². The van der Waals surface area contributed by atoms with E-state index < -0.39 is 0 Å². The Morgan fingerprint density at radius 2 is 1.87 bits per heavy atom. The summed E-state index contributed by atoms with van der Waals surface area (Å²) in [5.41, 5.74) is 3.65. The van der Waals surface area contributed by atoms with Gasteiger partial charge in [-0.2, -0.15) is 0 Å². The third-order valence-corrected chi connectivity index (χ3v) is 2.61. The molecule has 1 aromatic rings. The molecule has 2 heteroatoms. The van der Waals surface area contributed by atoms with Gasteiger partial charge in [0.15, 0.2) is 0 Å². The van der Waals surface area contributed by atoms with Crippen molar-refractivity contribution in [3.63, 3.8) is 0 Å². The van der Waals surface area contributed by atoms with Crippen molar-refractivity contribution in [2.75, 3.05) is 7.11 Å². The molecular formula is C13H21NO. The molecular weight excluding hydrogens is 186 g/mol. The van der Waals surface area contributed by atoms with Gasteiger partial charge in [0.1, 0.15) is 5.75 Å². The maximum atomic E-state index is 5.35. The van der Waals surface area contributed by atoms with E-state index in [1.165, 1.54) is 24.1 Å². The third kappa shape index (κ3) is 2.71. The molecule has 0 saturated heterocycles. The second-order valence-electron chi connectivity index (χ2n) is 3.60. The van der Waals surface area contributed by atoms with Gasteiger partial charge >= 0.3 is 0 Å². The highest BCUT2D eigenvalue weighted by Crippen LogP contribution is 2.28. The Morgan fingerprint density at radius 3 is 2.53 bits per heavy atom. The zero-order valence-corrected chi connectivity index (χ0v) is 10.3. The van der Waals surface area contributed by atoms with Crippen LogP contribution in [0, 0.1) is 6.92 Å². The predicted octanol–water partition coefficient (Wildman–Crippen LogP) is 3.30. The lowest BCUT2D eigenvalue weighted by Crippen LogP contribution is -2.08. The molecule has 0 atom stereocenters. The predicted molar refractivity (Wildman–Crippen MR) is 63.5 cm³/mol. The van der Waals surface area contributed by atoms with Crippen molar-refractivity contribution in [3.05, 3.63) is 23.0 Å². The van der Waals surface area contributed by atoms with Gasteiger partial charge in [-0.15, -0.1) is 0 Å². The third-order valence-electron chi connectivity index (χ3n) is 2.61. The summed E-state index contributed by atoms with van der Waals surface area (Å²) in [7, 11) is 1.74. The average molecular weight is 207 g/mol. The van der Waals surface area contributed by atoms with Crippen molar-refractivity contribution in [1.29, 1.82) is 0 Å². The Kier molecular flexibility index (Phi) is 4.60. The molecule has 0 radical (unpaired) electrons. The molecule has 84 valence electrons. The van der Waals surface area contributed by atoms with E-state index >= 15 is 0 Å². The molecule has 0 N–H and O–H groups in total. The first-order valence-corrected chi connectivity index (χ1v) is 5.84.